The lowest BCUT2D eigenvalue weighted by Gasteiger charge is -2.19. The third-order valence-corrected chi connectivity index (χ3v) is 3.02. The molecule has 19 heavy (non-hydrogen) atoms. The highest BCUT2D eigenvalue weighted by molar-refractivity contribution is 6.30. The summed E-state index contributed by atoms with van der Waals surface area (Å²) in [4.78, 5) is 3.95. The smallest absolute Gasteiger partial charge is 0.142 e. The second kappa shape index (κ2) is 5.97. The van der Waals surface area contributed by atoms with Gasteiger partial charge in [0.25, 0.3) is 0 Å². The molecule has 1 aromatic heterocycles. The van der Waals surface area contributed by atoms with Gasteiger partial charge < -0.3 is 4.74 Å². The summed E-state index contributed by atoms with van der Waals surface area (Å²) in [6.45, 7) is 0. The minimum absolute atomic E-state index is 0.332. The quantitative estimate of drug-likeness (QED) is 0.667. The molecule has 0 aliphatic rings. The highest BCUT2D eigenvalue weighted by atomic mass is 35.5. The first kappa shape index (κ1) is 13.7. The molecule has 0 fully saturated rings. The Morgan fingerprint density at radius 3 is 2.79 bits per heavy atom. The van der Waals surface area contributed by atoms with Crippen molar-refractivity contribution in [2.24, 2.45) is 5.84 Å². The third kappa shape index (κ3) is 2.84. The molecule has 0 aliphatic heterocycles. The molecule has 100 valence electrons. The van der Waals surface area contributed by atoms with Crippen LogP contribution >= 0.6 is 11.6 Å². The molecule has 0 aliphatic carbocycles. The van der Waals surface area contributed by atoms with E-state index in [2.05, 4.69) is 10.4 Å². The molecule has 0 saturated carbocycles. The summed E-state index contributed by atoms with van der Waals surface area (Å²) in [6, 6.07) is 5.61. The number of nitrogens with one attached hydrogen (secondary N) is 1. The fraction of sp³-hybridized carbons (Fsp3) is 0.154. The van der Waals surface area contributed by atoms with Crippen molar-refractivity contribution in [3.8, 4) is 5.75 Å². The number of hydrogen-bond donors (Lipinski definition) is 2. The van der Waals surface area contributed by atoms with E-state index < -0.39 is 11.9 Å². The Labute approximate surface area is 115 Å². The number of hydrazine groups is 1. The van der Waals surface area contributed by atoms with Gasteiger partial charge in [-0.15, -0.1) is 0 Å². The Kier molecular flexibility index (Phi) is 4.31. The number of methoxy groups -OCH3 is 1. The zero-order valence-electron chi connectivity index (χ0n) is 10.2. The van der Waals surface area contributed by atoms with Gasteiger partial charge in [0.15, 0.2) is 0 Å². The zero-order chi connectivity index (χ0) is 13.8. The number of nitrogens with zero attached hydrogens (tertiary/aromatic N) is 1. The Hall–Kier alpha value is -1.69. The molecular weight excluding hydrogens is 269 g/mol. The summed E-state index contributed by atoms with van der Waals surface area (Å²) in [5, 5.41) is 0.332. The highest BCUT2D eigenvalue weighted by Crippen LogP contribution is 2.30. The van der Waals surface area contributed by atoms with Gasteiger partial charge in [-0.2, -0.15) is 0 Å². The van der Waals surface area contributed by atoms with Crippen LogP contribution in [-0.4, -0.2) is 12.1 Å². The van der Waals surface area contributed by atoms with Crippen LogP contribution in [-0.2, 0) is 0 Å². The lowest BCUT2D eigenvalue weighted by molar-refractivity contribution is 0.401. The van der Waals surface area contributed by atoms with Crippen LogP contribution in [0.2, 0.25) is 5.02 Å². The number of nitrogens with two attached hydrogens (primary N) is 1. The van der Waals surface area contributed by atoms with Gasteiger partial charge in [0.05, 0.1) is 19.3 Å². The summed E-state index contributed by atoms with van der Waals surface area (Å²) >= 11 is 5.74. The molecule has 2 rings (SSSR count). The van der Waals surface area contributed by atoms with Crippen LogP contribution < -0.4 is 16.0 Å². The average Bonchev–Trinajstić information content (AvgIpc) is 2.42. The number of halogens is 2. The zero-order valence-corrected chi connectivity index (χ0v) is 11.0. The van der Waals surface area contributed by atoms with Crippen molar-refractivity contribution in [1.29, 1.82) is 0 Å². The molecule has 2 aromatic rings. The lowest BCUT2D eigenvalue weighted by atomic mass is 9.99. The third-order valence-electron chi connectivity index (χ3n) is 2.79. The van der Waals surface area contributed by atoms with Crippen LogP contribution in [0.3, 0.4) is 0 Å². The van der Waals surface area contributed by atoms with E-state index in [4.69, 9.17) is 22.2 Å². The second-order valence-corrected chi connectivity index (χ2v) is 4.32. The fourth-order valence-electron chi connectivity index (χ4n) is 1.88. The minimum atomic E-state index is -0.546. The van der Waals surface area contributed by atoms with Crippen molar-refractivity contribution in [2.45, 2.75) is 6.04 Å². The molecule has 4 nitrogen and oxygen atoms in total. The van der Waals surface area contributed by atoms with E-state index in [-0.39, 0.29) is 0 Å². The summed E-state index contributed by atoms with van der Waals surface area (Å²) in [5.41, 5.74) is 3.66. The Balaban J connectivity index is 2.50. The Bertz CT molecular complexity index is 580. The SMILES string of the molecule is COc1cnccc1C(NN)c1ccc(Cl)cc1F. The number of benzene rings is 1. The maximum absolute atomic E-state index is 14.0. The van der Waals surface area contributed by atoms with E-state index in [1.54, 1.807) is 30.6 Å². The maximum atomic E-state index is 14.0. The highest BCUT2D eigenvalue weighted by Gasteiger charge is 2.20. The average molecular weight is 282 g/mol. The van der Waals surface area contributed by atoms with E-state index in [1.807, 2.05) is 0 Å². The number of aromatic nitrogens is 1. The standard InChI is InChI=1S/C13H13ClFN3O/c1-19-12-7-17-5-4-10(12)13(18-16)9-3-2-8(14)6-11(9)15/h2-7,13,18H,16H2,1H3. The first-order valence-electron chi connectivity index (χ1n) is 5.56. The summed E-state index contributed by atoms with van der Waals surface area (Å²) in [7, 11) is 1.52. The monoisotopic (exact) mass is 281 g/mol. The van der Waals surface area contributed by atoms with Crippen LogP contribution in [0.25, 0.3) is 0 Å². The van der Waals surface area contributed by atoms with Gasteiger partial charge in [0.2, 0.25) is 0 Å². The molecule has 0 bridgehead atoms. The summed E-state index contributed by atoms with van der Waals surface area (Å²) in [5.74, 6) is 5.63. The van der Waals surface area contributed by atoms with E-state index >= 15 is 0 Å². The van der Waals surface area contributed by atoms with Gasteiger partial charge in [0, 0.05) is 22.3 Å². The lowest BCUT2D eigenvalue weighted by Crippen LogP contribution is -2.29. The van der Waals surface area contributed by atoms with Gasteiger partial charge in [-0.1, -0.05) is 17.7 Å². The fourth-order valence-corrected chi connectivity index (χ4v) is 2.04. The molecule has 1 unspecified atom stereocenters. The number of rotatable bonds is 4. The van der Waals surface area contributed by atoms with Gasteiger partial charge in [0.1, 0.15) is 11.6 Å². The maximum Gasteiger partial charge on any atom is 0.142 e. The second-order valence-electron chi connectivity index (χ2n) is 3.88. The van der Waals surface area contributed by atoms with E-state index in [9.17, 15) is 4.39 Å². The van der Waals surface area contributed by atoms with Crippen LogP contribution in [0, 0.1) is 5.82 Å². The Morgan fingerprint density at radius 2 is 2.16 bits per heavy atom. The van der Waals surface area contributed by atoms with Crippen molar-refractivity contribution >= 4 is 11.6 Å². The number of hydrogen-bond acceptors (Lipinski definition) is 4. The normalized spacial score (nSPS) is 12.2. The van der Waals surface area contributed by atoms with Gasteiger partial charge in [-0.3, -0.25) is 10.8 Å². The van der Waals surface area contributed by atoms with Crippen LogP contribution in [0.1, 0.15) is 17.2 Å². The molecule has 1 aromatic carbocycles. The first-order valence-corrected chi connectivity index (χ1v) is 5.94. The van der Waals surface area contributed by atoms with Crippen LogP contribution in [0.5, 0.6) is 5.75 Å². The van der Waals surface area contributed by atoms with Gasteiger partial charge in [-0.25, -0.2) is 9.82 Å². The van der Waals surface area contributed by atoms with Crippen molar-refractivity contribution in [3.63, 3.8) is 0 Å². The minimum Gasteiger partial charge on any atom is -0.495 e. The predicted octanol–water partition coefficient (Wildman–Crippen LogP) is 2.44. The van der Waals surface area contributed by atoms with Crippen molar-refractivity contribution in [1.82, 2.24) is 10.4 Å². The molecule has 0 amide bonds. The predicted molar refractivity (Wildman–Crippen MR) is 71.4 cm³/mol. The van der Waals surface area contributed by atoms with Crippen LogP contribution in [0.4, 0.5) is 4.39 Å². The molecule has 0 saturated heterocycles. The van der Waals surface area contributed by atoms with Crippen LogP contribution in [0.15, 0.2) is 36.7 Å². The summed E-state index contributed by atoms with van der Waals surface area (Å²) < 4.78 is 19.2. The van der Waals surface area contributed by atoms with Gasteiger partial charge in [-0.05, 0) is 18.2 Å². The molecule has 0 radical (unpaired) electrons. The van der Waals surface area contributed by atoms with Gasteiger partial charge >= 0.3 is 0 Å². The van der Waals surface area contributed by atoms with Crippen molar-refractivity contribution in [3.05, 3.63) is 58.6 Å². The number of pyridine rings is 1. The van der Waals surface area contributed by atoms with E-state index in [0.29, 0.717) is 21.9 Å². The number of ether oxygens (including phenoxy) is 1. The topological polar surface area (TPSA) is 60.2 Å². The van der Waals surface area contributed by atoms with E-state index in [0.717, 1.165) is 0 Å². The largest absolute Gasteiger partial charge is 0.495 e. The molecule has 3 N–H and O–H groups in total. The molecular formula is C13H13ClFN3O. The summed E-state index contributed by atoms with van der Waals surface area (Å²) in [6.07, 6.45) is 3.14. The Morgan fingerprint density at radius 1 is 1.37 bits per heavy atom. The molecule has 0 spiro atoms. The van der Waals surface area contributed by atoms with Crippen molar-refractivity contribution < 1.29 is 9.13 Å². The molecule has 6 heteroatoms. The first-order chi connectivity index (χ1) is 9.17. The molecule has 1 heterocycles. The van der Waals surface area contributed by atoms with E-state index in [1.165, 1.54) is 13.2 Å². The van der Waals surface area contributed by atoms with Crippen molar-refractivity contribution in [2.75, 3.05) is 7.11 Å². The molecule has 1 atom stereocenters.